The molecule has 9 heteroatoms. The fraction of sp³-hybridized carbons (Fsp3) is 0. The molecule has 0 saturated carbocycles. The molecule has 0 radical (unpaired) electrons. The van der Waals surface area contributed by atoms with Crippen LogP contribution in [0.1, 0.15) is 0 Å². The molecule has 0 aliphatic heterocycles. The van der Waals surface area contributed by atoms with Crippen molar-refractivity contribution in [1.82, 2.24) is 0 Å². The Hall–Kier alpha value is -2.58. The van der Waals surface area contributed by atoms with Gasteiger partial charge in [-0.25, -0.2) is 0 Å². The number of hydrazine groups is 1. The number of nitrogens with zero attached hydrogens (tertiary/aromatic N) is 4. The van der Waals surface area contributed by atoms with Crippen molar-refractivity contribution in [1.29, 1.82) is 0 Å². The molecular formula is C6H4N4O5. The number of rotatable bonds is 4. The van der Waals surface area contributed by atoms with Crippen molar-refractivity contribution < 1.29 is 9.96 Å². The number of benzene rings is 1. The van der Waals surface area contributed by atoms with Gasteiger partial charge in [0.15, 0.2) is 0 Å². The summed E-state index contributed by atoms with van der Waals surface area (Å²) in [4.78, 5) is 30.1. The van der Waals surface area contributed by atoms with Gasteiger partial charge in [0, 0.05) is 11.0 Å². The number of hydrogen-bond donors (Lipinski definition) is 0. The van der Waals surface area contributed by atoms with Gasteiger partial charge in [0.25, 0.3) is 0 Å². The van der Waals surface area contributed by atoms with Gasteiger partial charge in [0.1, 0.15) is 0 Å². The molecular weight excluding hydrogens is 208 g/mol. The van der Waals surface area contributed by atoms with E-state index in [4.69, 9.17) is 0 Å². The quantitative estimate of drug-likeness (QED) is 0.421. The van der Waals surface area contributed by atoms with Crippen LogP contribution in [0.3, 0.4) is 0 Å². The molecule has 0 aliphatic rings. The van der Waals surface area contributed by atoms with Crippen LogP contribution in [0.4, 0.5) is 11.4 Å². The second-order valence-electron chi connectivity index (χ2n) is 2.35. The molecule has 0 N–H and O–H groups in total. The van der Waals surface area contributed by atoms with E-state index in [0.717, 1.165) is 12.1 Å². The molecule has 0 unspecified atom stereocenters. The summed E-state index contributed by atoms with van der Waals surface area (Å²) < 4.78 is 0. The first-order valence-corrected chi connectivity index (χ1v) is 3.59. The Morgan fingerprint density at radius 1 is 1.20 bits per heavy atom. The molecule has 0 aliphatic carbocycles. The maximum Gasteiger partial charge on any atom is 0.316 e. The van der Waals surface area contributed by atoms with Gasteiger partial charge in [-0.3, -0.25) is 10.1 Å². The third-order valence-electron chi connectivity index (χ3n) is 1.53. The van der Waals surface area contributed by atoms with Crippen LogP contribution in [0, 0.1) is 25.1 Å². The summed E-state index contributed by atoms with van der Waals surface area (Å²) in [6.07, 6.45) is 0. The maximum absolute atomic E-state index is 10.5. The number of nitro groups is 2. The van der Waals surface area contributed by atoms with E-state index in [1.54, 1.807) is 0 Å². The minimum atomic E-state index is -1.14. The zero-order valence-corrected chi connectivity index (χ0v) is 7.14. The van der Waals surface area contributed by atoms with Crippen molar-refractivity contribution in [2.24, 2.45) is 5.29 Å². The first kappa shape index (κ1) is 10.5. The minimum absolute atomic E-state index is 0.196. The number of anilines is 1. The minimum Gasteiger partial charge on any atom is -0.339 e. The number of nitroso groups, excluding NO2 is 1. The Balaban J connectivity index is 3.28. The summed E-state index contributed by atoms with van der Waals surface area (Å²) in [5.41, 5.74) is -1.05. The summed E-state index contributed by atoms with van der Waals surface area (Å²) in [6, 6.07) is 4.74. The van der Waals surface area contributed by atoms with Crippen LogP contribution in [-0.2, 0) is 0 Å². The smallest absolute Gasteiger partial charge is 0.316 e. The summed E-state index contributed by atoms with van der Waals surface area (Å²) >= 11 is 0. The van der Waals surface area contributed by atoms with E-state index in [2.05, 4.69) is 5.29 Å². The second kappa shape index (κ2) is 4.09. The fourth-order valence-electron chi connectivity index (χ4n) is 0.949. The lowest BCUT2D eigenvalue weighted by Crippen LogP contribution is -2.23. The van der Waals surface area contributed by atoms with Crippen LogP contribution in [0.2, 0.25) is 0 Å². The monoisotopic (exact) mass is 212 g/mol. The van der Waals surface area contributed by atoms with Gasteiger partial charge >= 0.3 is 11.0 Å². The van der Waals surface area contributed by atoms with Crippen molar-refractivity contribution in [3.05, 3.63) is 49.4 Å². The van der Waals surface area contributed by atoms with Gasteiger partial charge < -0.3 is 10.1 Å². The van der Waals surface area contributed by atoms with Crippen molar-refractivity contribution >= 4 is 11.4 Å². The lowest BCUT2D eigenvalue weighted by Gasteiger charge is -2.04. The van der Waals surface area contributed by atoms with E-state index in [1.807, 2.05) is 0 Å². The third-order valence-corrected chi connectivity index (χ3v) is 1.53. The summed E-state index contributed by atoms with van der Waals surface area (Å²) in [5, 5.41) is 21.5. The second-order valence-corrected chi connectivity index (χ2v) is 2.35. The van der Waals surface area contributed by atoms with E-state index in [9.17, 15) is 25.1 Å². The highest BCUT2D eigenvalue weighted by atomic mass is 16.7. The van der Waals surface area contributed by atoms with Gasteiger partial charge in [-0.1, -0.05) is 12.1 Å². The number of hydrogen-bond acceptors (Lipinski definition) is 6. The Kier molecular flexibility index (Phi) is 2.86. The van der Waals surface area contributed by atoms with Crippen LogP contribution in [0.5, 0.6) is 0 Å². The van der Waals surface area contributed by atoms with Crippen molar-refractivity contribution in [3.63, 3.8) is 0 Å². The van der Waals surface area contributed by atoms with Crippen molar-refractivity contribution in [3.8, 4) is 0 Å². The van der Waals surface area contributed by atoms with E-state index in [-0.39, 0.29) is 5.12 Å². The first-order chi connectivity index (χ1) is 7.07. The number of nitro benzene ring substituents is 1. The van der Waals surface area contributed by atoms with E-state index < -0.39 is 21.3 Å². The highest BCUT2D eigenvalue weighted by Gasteiger charge is 2.27. The molecule has 0 bridgehead atoms. The van der Waals surface area contributed by atoms with Crippen LogP contribution in [-0.4, -0.2) is 9.96 Å². The van der Waals surface area contributed by atoms with Crippen LogP contribution >= 0.6 is 0 Å². The van der Waals surface area contributed by atoms with Crippen LogP contribution in [0.25, 0.3) is 0 Å². The Morgan fingerprint density at radius 2 is 1.80 bits per heavy atom. The Labute approximate surface area is 82.1 Å². The first-order valence-electron chi connectivity index (χ1n) is 3.59. The molecule has 1 aromatic rings. The van der Waals surface area contributed by atoms with E-state index in [0.29, 0.717) is 0 Å². The largest absolute Gasteiger partial charge is 0.339 e. The highest BCUT2D eigenvalue weighted by molar-refractivity contribution is 5.60. The molecule has 78 valence electrons. The molecule has 15 heavy (non-hydrogen) atoms. The molecule has 1 aromatic carbocycles. The summed E-state index contributed by atoms with van der Waals surface area (Å²) in [6.45, 7) is 0. The van der Waals surface area contributed by atoms with Gasteiger partial charge in [0.2, 0.25) is 5.69 Å². The zero-order valence-electron chi connectivity index (χ0n) is 7.14. The number of para-hydroxylation sites is 2. The topological polar surface area (TPSA) is 119 Å². The summed E-state index contributed by atoms with van der Waals surface area (Å²) in [5.74, 6) is 0. The van der Waals surface area contributed by atoms with Gasteiger partial charge in [-0.2, -0.15) is 0 Å². The molecule has 9 nitrogen and oxygen atoms in total. The van der Waals surface area contributed by atoms with Crippen LogP contribution in [0.15, 0.2) is 29.6 Å². The zero-order chi connectivity index (χ0) is 11.4. The molecule has 1 rings (SSSR count). The normalized spacial score (nSPS) is 9.33. The van der Waals surface area contributed by atoms with Gasteiger partial charge in [-0.05, 0) is 6.07 Å². The molecule has 0 amide bonds. The van der Waals surface area contributed by atoms with Crippen molar-refractivity contribution in [2.45, 2.75) is 0 Å². The maximum atomic E-state index is 10.5. The molecule has 0 aromatic heterocycles. The van der Waals surface area contributed by atoms with E-state index >= 15 is 0 Å². The predicted molar refractivity (Wildman–Crippen MR) is 48.4 cm³/mol. The molecule has 0 atom stereocenters. The molecule has 0 fully saturated rings. The van der Waals surface area contributed by atoms with Gasteiger partial charge in [0.05, 0.1) is 15.1 Å². The average molecular weight is 212 g/mol. The SMILES string of the molecule is O=NN(c1ccccc1[N+](=O)[O-])[N+](=O)[O-]. The summed E-state index contributed by atoms with van der Waals surface area (Å²) in [7, 11) is 0. The molecule has 0 spiro atoms. The molecule has 0 saturated heterocycles. The third kappa shape index (κ3) is 2.02. The van der Waals surface area contributed by atoms with Crippen molar-refractivity contribution in [2.75, 3.05) is 5.12 Å². The highest BCUT2D eigenvalue weighted by Crippen LogP contribution is 2.27. The average Bonchev–Trinajstić information content (AvgIpc) is 2.18. The standard InChI is InChI=1S/C6H4N4O5/c11-7-8(10(14)15)5-3-1-2-4-6(5)9(12)13/h1-4H. The van der Waals surface area contributed by atoms with Gasteiger partial charge in [-0.15, -0.1) is 0 Å². The predicted octanol–water partition coefficient (Wildman–Crippen LogP) is 1.27. The Morgan fingerprint density at radius 3 is 2.27 bits per heavy atom. The van der Waals surface area contributed by atoms with E-state index in [1.165, 1.54) is 12.1 Å². The Bertz CT molecular complexity index is 420. The van der Waals surface area contributed by atoms with Crippen LogP contribution < -0.4 is 5.12 Å². The lowest BCUT2D eigenvalue weighted by molar-refractivity contribution is -0.497. The molecule has 0 heterocycles. The lowest BCUT2D eigenvalue weighted by atomic mass is 10.3. The fourth-order valence-corrected chi connectivity index (χ4v) is 0.949.